The Morgan fingerprint density at radius 2 is 2.62 bits per heavy atom. The van der Waals surface area contributed by atoms with Crippen LogP contribution in [0.5, 0.6) is 0 Å². The summed E-state index contributed by atoms with van der Waals surface area (Å²) < 4.78 is 4.81. The quantitative estimate of drug-likeness (QED) is 0.484. The molecule has 3 nitrogen and oxygen atoms in total. The Balaban J connectivity index is 2.02. The molecule has 3 heteroatoms. The summed E-state index contributed by atoms with van der Waals surface area (Å²) in [6, 6.07) is 0. The van der Waals surface area contributed by atoms with Crippen molar-refractivity contribution in [3.63, 3.8) is 0 Å². The van der Waals surface area contributed by atoms with E-state index >= 15 is 0 Å². The molecule has 44 valence electrons. The highest BCUT2D eigenvalue weighted by Gasteiger charge is 2.43. The van der Waals surface area contributed by atoms with E-state index in [1.807, 2.05) is 0 Å². The van der Waals surface area contributed by atoms with Crippen molar-refractivity contribution in [3.05, 3.63) is 0 Å². The number of amides is 1. The molecular weight excluding hydrogens is 106 g/mol. The minimum atomic E-state index is -0.247. The van der Waals surface area contributed by atoms with Gasteiger partial charge in [0.15, 0.2) is 0 Å². The molecule has 0 aromatic carbocycles. The largest absolute Gasteiger partial charge is 0.446 e. The van der Waals surface area contributed by atoms with E-state index in [1.165, 1.54) is 0 Å². The van der Waals surface area contributed by atoms with Crippen LogP contribution in [0.2, 0.25) is 0 Å². The third-order valence-electron chi connectivity index (χ3n) is 1.62. The van der Waals surface area contributed by atoms with Crippen molar-refractivity contribution in [1.29, 1.82) is 0 Å². The van der Waals surface area contributed by atoms with Gasteiger partial charge < -0.3 is 10.1 Å². The predicted molar refractivity (Wildman–Crippen MR) is 26.4 cm³/mol. The molecule has 2 rings (SSSR count). The Bertz CT molecular complexity index is 134. The molecule has 1 saturated heterocycles. The van der Waals surface area contributed by atoms with Crippen LogP contribution in [-0.4, -0.2) is 18.7 Å². The number of ether oxygens (including phenoxy) is 1. The molecule has 0 aromatic rings. The molecule has 0 aromatic heterocycles. The fourth-order valence-corrected chi connectivity index (χ4v) is 0.973. The maximum Gasteiger partial charge on any atom is 0.407 e. The first-order valence-electron chi connectivity index (χ1n) is 2.81. The highest BCUT2D eigenvalue weighted by molar-refractivity contribution is 5.68. The van der Waals surface area contributed by atoms with Gasteiger partial charge in [-0.1, -0.05) is 0 Å². The highest BCUT2D eigenvalue weighted by Crippen LogP contribution is 2.35. The molecule has 1 heterocycles. The number of hydrogen-bond acceptors (Lipinski definition) is 2. The van der Waals surface area contributed by atoms with Gasteiger partial charge in [-0.2, -0.15) is 0 Å². The van der Waals surface area contributed by atoms with Gasteiger partial charge in [0.05, 0.1) is 0 Å². The Labute approximate surface area is 47.0 Å². The second-order valence-corrected chi connectivity index (χ2v) is 2.32. The van der Waals surface area contributed by atoms with Crippen LogP contribution in [0, 0.1) is 5.92 Å². The van der Waals surface area contributed by atoms with Crippen LogP contribution in [0.15, 0.2) is 0 Å². The summed E-state index contributed by atoms with van der Waals surface area (Å²) in [5.74, 6) is 0.632. The molecule has 2 unspecified atom stereocenters. The lowest BCUT2D eigenvalue weighted by molar-refractivity contribution is 0.119. The third-order valence-corrected chi connectivity index (χ3v) is 1.62. The van der Waals surface area contributed by atoms with Gasteiger partial charge in [0.25, 0.3) is 0 Å². The second kappa shape index (κ2) is 1.16. The van der Waals surface area contributed by atoms with E-state index in [-0.39, 0.29) is 12.2 Å². The molecule has 1 saturated carbocycles. The van der Waals surface area contributed by atoms with Crippen molar-refractivity contribution in [2.24, 2.45) is 5.92 Å². The number of alkyl carbamates (subject to hydrolysis) is 1. The van der Waals surface area contributed by atoms with Gasteiger partial charge in [0.2, 0.25) is 0 Å². The van der Waals surface area contributed by atoms with Crippen molar-refractivity contribution in [2.45, 2.75) is 12.5 Å². The minimum absolute atomic E-state index is 0.247. The zero-order valence-electron chi connectivity index (χ0n) is 4.39. The van der Waals surface area contributed by atoms with Crippen molar-refractivity contribution in [1.82, 2.24) is 5.32 Å². The van der Waals surface area contributed by atoms with Gasteiger partial charge in [-0.05, 0) is 6.42 Å². The molecule has 2 aliphatic rings. The number of carbonyl (C=O) groups is 1. The van der Waals surface area contributed by atoms with Gasteiger partial charge in [-0.15, -0.1) is 0 Å². The van der Waals surface area contributed by atoms with Crippen LogP contribution in [0.25, 0.3) is 0 Å². The average molecular weight is 113 g/mol. The van der Waals surface area contributed by atoms with Crippen molar-refractivity contribution in [3.8, 4) is 0 Å². The summed E-state index contributed by atoms with van der Waals surface area (Å²) in [6.45, 7) is 0.823. The fraction of sp³-hybridized carbons (Fsp3) is 0.800. The molecule has 0 radical (unpaired) electrons. The number of fused-ring (bicyclic) bond motifs is 1. The number of nitrogens with one attached hydrogen (secondary N) is 1. The van der Waals surface area contributed by atoms with Crippen molar-refractivity contribution in [2.75, 3.05) is 6.54 Å². The standard InChI is InChI=1S/C5H7NO2/c7-5-6-2-3-1-4(3)8-5/h3-4H,1-2H2,(H,6,7). The molecule has 2 atom stereocenters. The Hall–Kier alpha value is -0.730. The molecule has 1 aliphatic carbocycles. The summed E-state index contributed by atoms with van der Waals surface area (Å²) in [5, 5.41) is 2.61. The number of rotatable bonds is 0. The number of carbonyl (C=O) groups excluding carboxylic acids is 1. The first-order chi connectivity index (χ1) is 3.86. The lowest BCUT2D eigenvalue weighted by atomic mass is 10.4. The Kier molecular flexibility index (Phi) is 0.604. The van der Waals surface area contributed by atoms with Gasteiger partial charge in [0, 0.05) is 12.5 Å². The van der Waals surface area contributed by atoms with E-state index in [2.05, 4.69) is 5.32 Å². The summed E-state index contributed by atoms with van der Waals surface area (Å²) >= 11 is 0. The van der Waals surface area contributed by atoms with Crippen LogP contribution < -0.4 is 5.32 Å². The van der Waals surface area contributed by atoms with E-state index in [0.717, 1.165) is 13.0 Å². The van der Waals surface area contributed by atoms with E-state index < -0.39 is 0 Å². The van der Waals surface area contributed by atoms with Crippen LogP contribution >= 0.6 is 0 Å². The van der Waals surface area contributed by atoms with Crippen molar-refractivity contribution < 1.29 is 9.53 Å². The highest BCUT2D eigenvalue weighted by atomic mass is 16.6. The average Bonchev–Trinajstić information content (AvgIpc) is 2.43. The SMILES string of the molecule is O=C1NCC2CC2O1. The molecule has 1 amide bonds. The molecule has 1 N–H and O–H groups in total. The van der Waals surface area contributed by atoms with Crippen molar-refractivity contribution >= 4 is 6.09 Å². The lowest BCUT2D eigenvalue weighted by Gasteiger charge is -2.10. The molecular formula is C5H7NO2. The van der Waals surface area contributed by atoms with Crippen LogP contribution in [0.3, 0.4) is 0 Å². The summed E-state index contributed by atoms with van der Waals surface area (Å²) in [5.41, 5.74) is 0. The molecule has 1 aliphatic heterocycles. The number of hydrogen-bond donors (Lipinski definition) is 1. The smallest absolute Gasteiger partial charge is 0.407 e. The first kappa shape index (κ1) is 4.18. The topological polar surface area (TPSA) is 38.3 Å². The van der Waals surface area contributed by atoms with E-state index in [4.69, 9.17) is 4.74 Å². The summed E-state index contributed by atoms with van der Waals surface area (Å²) in [7, 11) is 0. The fourth-order valence-electron chi connectivity index (χ4n) is 0.973. The zero-order valence-corrected chi connectivity index (χ0v) is 4.39. The van der Waals surface area contributed by atoms with Crippen LogP contribution in [-0.2, 0) is 4.74 Å². The maximum absolute atomic E-state index is 10.4. The normalized spacial score (nSPS) is 41.8. The molecule has 0 spiro atoms. The second-order valence-electron chi connectivity index (χ2n) is 2.32. The van der Waals surface area contributed by atoms with Gasteiger partial charge in [-0.3, -0.25) is 0 Å². The first-order valence-corrected chi connectivity index (χ1v) is 2.81. The van der Waals surface area contributed by atoms with Crippen LogP contribution in [0.4, 0.5) is 4.79 Å². The van der Waals surface area contributed by atoms with E-state index in [0.29, 0.717) is 5.92 Å². The molecule has 8 heavy (non-hydrogen) atoms. The van der Waals surface area contributed by atoms with Gasteiger partial charge >= 0.3 is 6.09 Å². The molecule has 2 fully saturated rings. The molecule has 0 bridgehead atoms. The zero-order chi connectivity index (χ0) is 5.56. The maximum atomic E-state index is 10.4. The summed E-state index contributed by atoms with van der Waals surface area (Å²) in [6.07, 6.45) is 1.09. The monoisotopic (exact) mass is 113 g/mol. The Morgan fingerprint density at radius 1 is 1.75 bits per heavy atom. The Morgan fingerprint density at radius 3 is 3.25 bits per heavy atom. The third kappa shape index (κ3) is 0.472. The lowest BCUT2D eigenvalue weighted by Crippen LogP contribution is -2.32. The van der Waals surface area contributed by atoms with Crippen LogP contribution in [0.1, 0.15) is 6.42 Å². The minimum Gasteiger partial charge on any atom is -0.446 e. The summed E-state index contributed by atoms with van der Waals surface area (Å²) in [4.78, 5) is 10.4. The predicted octanol–water partition coefficient (Wildman–Crippen LogP) is 0.115. The van der Waals surface area contributed by atoms with Gasteiger partial charge in [0.1, 0.15) is 6.10 Å². The van der Waals surface area contributed by atoms with E-state index in [1.54, 1.807) is 0 Å². The van der Waals surface area contributed by atoms with E-state index in [9.17, 15) is 4.79 Å². The van der Waals surface area contributed by atoms with Gasteiger partial charge in [-0.25, -0.2) is 4.79 Å².